The van der Waals surface area contributed by atoms with Crippen molar-refractivity contribution in [1.29, 1.82) is 0 Å². The van der Waals surface area contributed by atoms with E-state index in [0.29, 0.717) is 13.1 Å². The largest absolute Gasteiger partial charge is 0.343 e. The number of amides is 1. The van der Waals surface area contributed by atoms with Crippen LogP contribution in [0.2, 0.25) is 0 Å². The molecule has 0 spiro atoms. The van der Waals surface area contributed by atoms with Crippen molar-refractivity contribution in [3.05, 3.63) is 12.2 Å². The molecule has 13 heavy (non-hydrogen) atoms. The van der Waals surface area contributed by atoms with Gasteiger partial charge in [-0.1, -0.05) is 12.2 Å². The SMILES string of the molecule is CN1CCN(CC=CCN)CC1=O. The summed E-state index contributed by atoms with van der Waals surface area (Å²) in [5, 5.41) is 0. The number of carbonyl (C=O) groups is 1. The van der Waals surface area contributed by atoms with Crippen LogP contribution >= 0.6 is 0 Å². The molecule has 0 aliphatic carbocycles. The van der Waals surface area contributed by atoms with E-state index < -0.39 is 0 Å². The summed E-state index contributed by atoms with van der Waals surface area (Å²) in [6.45, 7) is 3.72. The number of likely N-dealkylation sites (N-methyl/N-ethyl adjacent to an activating group) is 1. The Morgan fingerprint density at radius 3 is 2.85 bits per heavy atom. The van der Waals surface area contributed by atoms with E-state index in [1.165, 1.54) is 0 Å². The summed E-state index contributed by atoms with van der Waals surface area (Å²) >= 11 is 0. The van der Waals surface area contributed by atoms with Crippen LogP contribution in [0.15, 0.2) is 12.2 Å². The number of carbonyl (C=O) groups excluding carboxylic acids is 1. The van der Waals surface area contributed by atoms with Gasteiger partial charge in [0.2, 0.25) is 5.91 Å². The summed E-state index contributed by atoms with van der Waals surface area (Å²) < 4.78 is 0. The monoisotopic (exact) mass is 183 g/mol. The third-order valence-electron chi connectivity index (χ3n) is 2.20. The standard InChI is InChI=1S/C9H17N3O/c1-11-6-7-12(8-9(11)13)5-3-2-4-10/h2-3H,4-8,10H2,1H3. The highest BCUT2D eigenvalue weighted by molar-refractivity contribution is 5.78. The molecule has 1 amide bonds. The minimum atomic E-state index is 0.201. The second-order valence-corrected chi connectivity index (χ2v) is 3.26. The molecule has 4 nitrogen and oxygen atoms in total. The quantitative estimate of drug-likeness (QED) is 0.587. The highest BCUT2D eigenvalue weighted by Crippen LogP contribution is 2.00. The molecule has 0 bridgehead atoms. The van der Waals surface area contributed by atoms with Gasteiger partial charge in [-0.15, -0.1) is 0 Å². The van der Waals surface area contributed by atoms with Crippen LogP contribution in [0.3, 0.4) is 0 Å². The van der Waals surface area contributed by atoms with Crippen LogP contribution in [0.25, 0.3) is 0 Å². The lowest BCUT2D eigenvalue weighted by molar-refractivity contribution is -0.134. The van der Waals surface area contributed by atoms with Gasteiger partial charge in [-0.2, -0.15) is 0 Å². The number of nitrogens with zero attached hydrogens (tertiary/aromatic N) is 2. The van der Waals surface area contributed by atoms with Gasteiger partial charge >= 0.3 is 0 Å². The Morgan fingerprint density at radius 1 is 1.46 bits per heavy atom. The molecular formula is C9H17N3O. The maximum Gasteiger partial charge on any atom is 0.236 e. The molecule has 1 saturated heterocycles. The highest BCUT2D eigenvalue weighted by atomic mass is 16.2. The van der Waals surface area contributed by atoms with E-state index in [4.69, 9.17) is 5.73 Å². The Bertz CT molecular complexity index is 203. The second kappa shape index (κ2) is 4.99. The number of piperazine rings is 1. The summed E-state index contributed by atoms with van der Waals surface area (Å²) in [7, 11) is 1.84. The van der Waals surface area contributed by atoms with Crippen LogP contribution in [0.5, 0.6) is 0 Å². The minimum Gasteiger partial charge on any atom is -0.343 e. The van der Waals surface area contributed by atoms with Crippen LogP contribution in [-0.2, 0) is 4.79 Å². The zero-order valence-electron chi connectivity index (χ0n) is 8.07. The van der Waals surface area contributed by atoms with Gasteiger partial charge in [0.25, 0.3) is 0 Å². The Kier molecular flexibility index (Phi) is 3.92. The molecule has 0 atom stereocenters. The van der Waals surface area contributed by atoms with Crippen LogP contribution in [-0.4, -0.2) is 55.5 Å². The maximum absolute atomic E-state index is 11.3. The first-order chi connectivity index (χ1) is 6.24. The molecule has 1 aliphatic rings. The molecule has 1 heterocycles. The first-order valence-corrected chi connectivity index (χ1v) is 4.55. The van der Waals surface area contributed by atoms with Gasteiger partial charge in [0, 0.05) is 33.2 Å². The fourth-order valence-corrected chi connectivity index (χ4v) is 1.28. The van der Waals surface area contributed by atoms with Crippen LogP contribution < -0.4 is 5.73 Å². The molecule has 0 unspecified atom stereocenters. The van der Waals surface area contributed by atoms with E-state index in [1.54, 1.807) is 4.90 Å². The maximum atomic E-state index is 11.3. The molecule has 1 aliphatic heterocycles. The zero-order valence-corrected chi connectivity index (χ0v) is 8.07. The molecule has 2 N–H and O–H groups in total. The Balaban J connectivity index is 2.29. The Morgan fingerprint density at radius 2 is 2.23 bits per heavy atom. The minimum absolute atomic E-state index is 0.201. The zero-order chi connectivity index (χ0) is 9.68. The van der Waals surface area contributed by atoms with E-state index in [9.17, 15) is 4.79 Å². The average Bonchev–Trinajstić information content (AvgIpc) is 2.12. The number of hydrogen-bond acceptors (Lipinski definition) is 3. The smallest absolute Gasteiger partial charge is 0.236 e. The summed E-state index contributed by atoms with van der Waals surface area (Å²) in [6.07, 6.45) is 3.93. The third kappa shape index (κ3) is 3.16. The van der Waals surface area contributed by atoms with Gasteiger partial charge in [-0.3, -0.25) is 9.69 Å². The molecule has 4 heteroatoms. The molecule has 0 aromatic rings. The molecule has 0 saturated carbocycles. The molecule has 74 valence electrons. The topological polar surface area (TPSA) is 49.6 Å². The summed E-state index contributed by atoms with van der Waals surface area (Å²) in [4.78, 5) is 15.2. The van der Waals surface area contributed by atoms with E-state index in [-0.39, 0.29) is 5.91 Å². The molecule has 1 fully saturated rings. The second-order valence-electron chi connectivity index (χ2n) is 3.26. The van der Waals surface area contributed by atoms with Crippen LogP contribution in [0.1, 0.15) is 0 Å². The first-order valence-electron chi connectivity index (χ1n) is 4.55. The van der Waals surface area contributed by atoms with Gasteiger partial charge in [-0.05, 0) is 0 Å². The van der Waals surface area contributed by atoms with E-state index in [2.05, 4.69) is 4.90 Å². The fraction of sp³-hybridized carbons (Fsp3) is 0.667. The van der Waals surface area contributed by atoms with Crippen molar-refractivity contribution in [2.75, 3.05) is 39.8 Å². The van der Waals surface area contributed by atoms with E-state index >= 15 is 0 Å². The van der Waals surface area contributed by atoms with Crippen molar-refractivity contribution in [2.24, 2.45) is 5.73 Å². The molecular weight excluding hydrogens is 166 g/mol. The molecule has 1 rings (SSSR count). The Hall–Kier alpha value is -0.870. The number of hydrogen-bond donors (Lipinski definition) is 1. The third-order valence-corrected chi connectivity index (χ3v) is 2.20. The van der Waals surface area contributed by atoms with Gasteiger partial charge in [-0.25, -0.2) is 0 Å². The lowest BCUT2D eigenvalue weighted by Crippen LogP contribution is -2.48. The fourth-order valence-electron chi connectivity index (χ4n) is 1.28. The van der Waals surface area contributed by atoms with Crippen molar-refractivity contribution in [3.8, 4) is 0 Å². The molecule has 0 aromatic carbocycles. The van der Waals surface area contributed by atoms with Crippen molar-refractivity contribution in [1.82, 2.24) is 9.80 Å². The van der Waals surface area contributed by atoms with Crippen molar-refractivity contribution >= 4 is 5.91 Å². The van der Waals surface area contributed by atoms with Gasteiger partial charge < -0.3 is 10.6 Å². The summed E-state index contributed by atoms with van der Waals surface area (Å²) in [5.74, 6) is 0.201. The summed E-state index contributed by atoms with van der Waals surface area (Å²) in [5.41, 5.74) is 5.31. The normalized spacial score (nSPS) is 20.2. The van der Waals surface area contributed by atoms with E-state index in [1.807, 2.05) is 19.2 Å². The van der Waals surface area contributed by atoms with E-state index in [0.717, 1.165) is 19.6 Å². The lowest BCUT2D eigenvalue weighted by Gasteiger charge is -2.31. The predicted octanol–water partition coefficient (Wildman–Crippen LogP) is -0.725. The first kappa shape index (κ1) is 10.2. The average molecular weight is 183 g/mol. The predicted molar refractivity (Wildman–Crippen MR) is 52.3 cm³/mol. The molecule has 0 radical (unpaired) electrons. The van der Waals surface area contributed by atoms with Crippen molar-refractivity contribution in [2.45, 2.75) is 0 Å². The Labute approximate surface area is 79.0 Å². The number of rotatable bonds is 3. The highest BCUT2D eigenvalue weighted by Gasteiger charge is 2.19. The lowest BCUT2D eigenvalue weighted by atomic mass is 10.3. The van der Waals surface area contributed by atoms with Crippen LogP contribution in [0.4, 0.5) is 0 Å². The summed E-state index contributed by atoms with van der Waals surface area (Å²) in [6, 6.07) is 0. The van der Waals surface area contributed by atoms with Gasteiger partial charge in [0.05, 0.1) is 6.54 Å². The van der Waals surface area contributed by atoms with Gasteiger partial charge in [0.1, 0.15) is 0 Å². The molecule has 0 aromatic heterocycles. The number of nitrogens with two attached hydrogens (primary N) is 1. The van der Waals surface area contributed by atoms with Gasteiger partial charge in [0.15, 0.2) is 0 Å². The van der Waals surface area contributed by atoms with Crippen molar-refractivity contribution < 1.29 is 4.79 Å². The van der Waals surface area contributed by atoms with Crippen molar-refractivity contribution in [3.63, 3.8) is 0 Å². The van der Waals surface area contributed by atoms with Crippen LogP contribution in [0, 0.1) is 0 Å².